The van der Waals surface area contributed by atoms with E-state index in [1.807, 2.05) is 6.20 Å². The van der Waals surface area contributed by atoms with Crippen molar-refractivity contribution in [1.29, 1.82) is 0 Å². The van der Waals surface area contributed by atoms with Gasteiger partial charge in [-0.05, 0) is 44.6 Å². The first kappa shape index (κ1) is 29.4. The highest BCUT2D eigenvalue weighted by molar-refractivity contribution is 7.10. The zero-order chi connectivity index (χ0) is 30.2. The van der Waals surface area contributed by atoms with E-state index in [0.29, 0.717) is 5.92 Å². The topological polar surface area (TPSA) is 17.8 Å². The smallest absolute Gasteiger partial charge is 0.241 e. The molecule has 215 valence electrons. The molecule has 0 amide bonds. The van der Waals surface area contributed by atoms with Crippen LogP contribution in [0.5, 0.6) is 0 Å². The van der Waals surface area contributed by atoms with Crippen LogP contribution in [-0.4, -0.2) is 24.9 Å². The normalized spacial score (nSPS) is 11.9. The summed E-state index contributed by atoms with van der Waals surface area (Å²) in [5, 5.41) is 4.20. The van der Waals surface area contributed by atoms with Crippen LogP contribution in [0.15, 0.2) is 158 Å². The highest BCUT2D eigenvalue weighted by Crippen LogP contribution is 2.18. The Morgan fingerprint density at radius 2 is 1.20 bits per heavy atom. The van der Waals surface area contributed by atoms with E-state index in [1.165, 1.54) is 32.3 Å². The molecule has 1 heterocycles. The lowest BCUT2D eigenvalue weighted by molar-refractivity contribution is 0.647. The van der Waals surface area contributed by atoms with Crippen molar-refractivity contribution in [2.24, 2.45) is 5.92 Å². The molecule has 0 N–H and O–H groups in total. The number of hydrogen-bond donors (Lipinski definition) is 0. The molecule has 2 nitrogen and oxygen atoms in total. The van der Waals surface area contributed by atoms with Crippen LogP contribution in [0.2, 0.25) is 0 Å². The van der Waals surface area contributed by atoms with Gasteiger partial charge in [0.05, 0.1) is 5.72 Å². The van der Waals surface area contributed by atoms with E-state index in [-0.39, 0.29) is 0 Å². The molecule has 0 saturated carbocycles. The molecule has 1 aromatic heterocycles. The summed E-state index contributed by atoms with van der Waals surface area (Å²) < 4.78 is 2.37. The highest BCUT2D eigenvalue weighted by Gasteiger charge is 2.40. The first-order chi connectivity index (χ1) is 21.6. The van der Waals surface area contributed by atoms with Crippen LogP contribution in [0, 0.1) is 5.92 Å². The summed E-state index contributed by atoms with van der Waals surface area (Å²) in [5.74, 6) is 0.623. The van der Waals surface area contributed by atoms with Gasteiger partial charge in [0.2, 0.25) is 7.28 Å². The van der Waals surface area contributed by atoms with Gasteiger partial charge in [-0.3, -0.25) is 4.98 Å². The lowest BCUT2D eigenvalue weighted by Gasteiger charge is -2.35. The average Bonchev–Trinajstić information content (AvgIpc) is 3.51. The van der Waals surface area contributed by atoms with Crippen molar-refractivity contribution in [2.75, 3.05) is 0 Å². The van der Waals surface area contributed by atoms with Crippen molar-refractivity contribution >= 4 is 48.2 Å². The summed E-state index contributed by atoms with van der Waals surface area (Å²) in [7, 11) is -0.304. The van der Waals surface area contributed by atoms with Crippen LogP contribution in [0.4, 0.5) is 0 Å². The Morgan fingerprint density at radius 3 is 1.77 bits per heavy atom. The monoisotopic (exact) mass is 585 g/mol. The van der Waals surface area contributed by atoms with E-state index < -0.39 is 8.07 Å². The van der Waals surface area contributed by atoms with Gasteiger partial charge < -0.3 is 4.57 Å². The SMILES string of the molecule is CC(C)Cc1ccc([Si](Cn2ccnc2[B]C(=Cc2ccccc2)c2ccccc2)(c2ccccc2)c2ccccc2)cc1. The van der Waals surface area contributed by atoms with Crippen molar-refractivity contribution in [1.82, 2.24) is 9.55 Å². The molecule has 1 radical (unpaired) electrons. The Morgan fingerprint density at radius 1 is 0.682 bits per heavy atom. The molecule has 6 aromatic rings. The lowest BCUT2D eigenvalue weighted by atomic mass is 9.65. The molecule has 6 rings (SSSR count). The summed E-state index contributed by atoms with van der Waals surface area (Å²) >= 11 is 0. The first-order valence-corrected chi connectivity index (χ1v) is 17.7. The van der Waals surface area contributed by atoms with Crippen molar-refractivity contribution < 1.29 is 0 Å². The third-order valence-electron chi connectivity index (χ3n) is 8.29. The quantitative estimate of drug-likeness (QED) is 0.0989. The fourth-order valence-electron chi connectivity index (χ4n) is 6.17. The van der Waals surface area contributed by atoms with E-state index in [4.69, 9.17) is 4.98 Å². The second-order valence-corrected chi connectivity index (χ2v) is 15.7. The zero-order valence-corrected chi connectivity index (χ0v) is 26.6. The number of rotatable bonds is 11. The van der Waals surface area contributed by atoms with E-state index in [2.05, 4.69) is 184 Å². The summed E-state index contributed by atoms with van der Waals surface area (Å²) in [6.07, 6.45) is 8.27. The molecule has 0 bridgehead atoms. The average molecular weight is 586 g/mol. The van der Waals surface area contributed by atoms with Crippen LogP contribution in [0.25, 0.3) is 11.5 Å². The maximum atomic E-state index is 4.92. The molecule has 0 unspecified atom stereocenters. The van der Waals surface area contributed by atoms with Gasteiger partial charge in [0, 0.05) is 18.6 Å². The molecule has 0 aliphatic carbocycles. The number of benzene rings is 5. The second kappa shape index (κ2) is 13.7. The molecule has 0 aliphatic rings. The van der Waals surface area contributed by atoms with Crippen molar-refractivity contribution in [3.05, 3.63) is 175 Å². The van der Waals surface area contributed by atoms with Crippen molar-refractivity contribution in [3.63, 3.8) is 0 Å². The minimum absolute atomic E-state index is 0.623. The summed E-state index contributed by atoms with van der Waals surface area (Å²) in [5.41, 5.74) is 5.81. The molecule has 5 aromatic carbocycles. The highest BCUT2D eigenvalue weighted by atomic mass is 28.3. The van der Waals surface area contributed by atoms with E-state index in [1.54, 1.807) is 0 Å². The maximum Gasteiger partial charge on any atom is 0.241 e. The number of hydrogen-bond acceptors (Lipinski definition) is 1. The van der Waals surface area contributed by atoms with E-state index in [0.717, 1.165) is 23.8 Å². The predicted molar refractivity (Wildman–Crippen MR) is 191 cm³/mol. The van der Waals surface area contributed by atoms with E-state index >= 15 is 0 Å². The minimum atomic E-state index is -2.54. The molecule has 0 fully saturated rings. The number of imidazole rings is 1. The maximum absolute atomic E-state index is 4.92. The Bertz CT molecular complexity index is 1740. The van der Waals surface area contributed by atoms with Crippen LogP contribution in [0.3, 0.4) is 0 Å². The third kappa shape index (κ3) is 6.61. The predicted octanol–water partition coefficient (Wildman–Crippen LogP) is 6.32. The Hall–Kier alpha value is -4.67. The van der Waals surface area contributed by atoms with Gasteiger partial charge >= 0.3 is 0 Å². The first-order valence-electron chi connectivity index (χ1n) is 15.5. The minimum Gasteiger partial charge on any atom is -0.345 e. The molecule has 0 aliphatic heterocycles. The summed E-state index contributed by atoms with van der Waals surface area (Å²) in [4.78, 5) is 4.92. The third-order valence-corrected chi connectivity index (χ3v) is 13.1. The fourth-order valence-corrected chi connectivity index (χ4v) is 10.8. The van der Waals surface area contributed by atoms with Crippen LogP contribution in [-0.2, 0) is 12.6 Å². The van der Waals surface area contributed by atoms with Gasteiger partial charge in [0.25, 0.3) is 0 Å². The molecule has 0 saturated heterocycles. The molecular weight excluding hydrogens is 547 g/mol. The number of nitrogens with zero attached hydrogens (tertiary/aromatic N) is 2. The molecular formula is C40H38BN2Si. The molecule has 0 spiro atoms. The summed E-state index contributed by atoms with van der Waals surface area (Å²) in [6.45, 7) is 4.57. The van der Waals surface area contributed by atoms with Crippen molar-refractivity contribution in [2.45, 2.75) is 26.4 Å². The molecule has 0 atom stereocenters. The Balaban J connectivity index is 1.47. The van der Waals surface area contributed by atoms with Crippen molar-refractivity contribution in [3.8, 4) is 0 Å². The van der Waals surface area contributed by atoms with Gasteiger partial charge in [-0.15, -0.1) is 0 Å². The van der Waals surface area contributed by atoms with Crippen LogP contribution in [0.1, 0.15) is 30.5 Å². The zero-order valence-electron chi connectivity index (χ0n) is 25.6. The fraction of sp³-hybridized carbons (Fsp3) is 0.125. The Kier molecular flexibility index (Phi) is 9.19. The largest absolute Gasteiger partial charge is 0.345 e. The molecule has 4 heteroatoms. The Labute approximate surface area is 264 Å². The van der Waals surface area contributed by atoms with Gasteiger partial charge in [0.15, 0.2) is 8.07 Å². The summed E-state index contributed by atoms with van der Waals surface area (Å²) in [6, 6.07) is 52.9. The van der Waals surface area contributed by atoms with Gasteiger partial charge in [-0.25, -0.2) is 0 Å². The van der Waals surface area contributed by atoms with E-state index in [9.17, 15) is 0 Å². The van der Waals surface area contributed by atoms with Crippen LogP contribution < -0.4 is 21.3 Å². The van der Waals surface area contributed by atoms with Gasteiger partial charge in [-0.2, -0.15) is 0 Å². The number of aromatic nitrogens is 2. The molecule has 44 heavy (non-hydrogen) atoms. The van der Waals surface area contributed by atoms with Gasteiger partial charge in [-0.1, -0.05) is 171 Å². The lowest BCUT2D eigenvalue weighted by Crippen LogP contribution is -2.70. The standard InChI is InChI=1S/C40H38BN2Si/c1-32(2)29-34-23-25-38(26-24-34)44(36-19-11-5-12-20-36,37-21-13-6-14-22-37)31-43-28-27-42-40(43)41-39(35-17-9-4-10-18-35)30-33-15-7-3-8-16-33/h3-28,30,32H,29,31H2,1-2H3. The second-order valence-electron chi connectivity index (χ2n) is 11.9. The van der Waals surface area contributed by atoms with Crippen LogP contribution >= 0.6 is 0 Å². The van der Waals surface area contributed by atoms with Gasteiger partial charge in [0.1, 0.15) is 0 Å².